The van der Waals surface area contributed by atoms with Crippen molar-refractivity contribution in [2.24, 2.45) is 5.73 Å². The Morgan fingerprint density at radius 1 is 1.07 bits per heavy atom. The fourth-order valence-corrected chi connectivity index (χ4v) is 2.58. The quantitative estimate of drug-likeness (QED) is 0.594. The zero-order valence-corrected chi connectivity index (χ0v) is 15.0. The molecule has 0 aliphatic carbocycles. The van der Waals surface area contributed by atoms with Gasteiger partial charge in [-0.25, -0.2) is 14.8 Å². The van der Waals surface area contributed by atoms with Gasteiger partial charge in [-0.05, 0) is 36.2 Å². The van der Waals surface area contributed by atoms with E-state index in [9.17, 15) is 4.79 Å². The van der Waals surface area contributed by atoms with Gasteiger partial charge < -0.3 is 17.2 Å². The Kier molecular flexibility index (Phi) is 5.67. The predicted octanol–water partition coefficient (Wildman–Crippen LogP) is 1.56. The van der Waals surface area contributed by atoms with E-state index >= 15 is 0 Å². The largest absolute Gasteiger partial charge is 0.382 e. The number of rotatable bonds is 4. The number of anilines is 3. The van der Waals surface area contributed by atoms with Crippen molar-refractivity contribution in [2.45, 2.75) is 6.42 Å². The van der Waals surface area contributed by atoms with Gasteiger partial charge in [0.15, 0.2) is 0 Å². The molecule has 0 aliphatic heterocycles. The number of nitrogens with zero attached hydrogens (tertiary/aromatic N) is 4. The summed E-state index contributed by atoms with van der Waals surface area (Å²) in [5.74, 6) is 6.28. The van der Waals surface area contributed by atoms with Crippen molar-refractivity contribution in [1.82, 2.24) is 15.0 Å². The van der Waals surface area contributed by atoms with Gasteiger partial charge in [-0.2, -0.15) is 0 Å². The number of carbonyl (C=O) groups excluding carboxylic acids is 1. The van der Waals surface area contributed by atoms with Crippen LogP contribution in [0, 0.1) is 11.8 Å². The lowest BCUT2D eigenvalue weighted by atomic mass is 10.1. The molecular weight excluding hydrogens is 354 g/mol. The number of benzene rings is 1. The second-order valence-corrected chi connectivity index (χ2v) is 5.92. The van der Waals surface area contributed by atoms with Crippen molar-refractivity contribution < 1.29 is 4.79 Å². The van der Waals surface area contributed by atoms with Crippen LogP contribution in [0.3, 0.4) is 0 Å². The van der Waals surface area contributed by atoms with Crippen LogP contribution < -0.4 is 22.1 Å². The van der Waals surface area contributed by atoms with Gasteiger partial charge in [-0.1, -0.05) is 24.0 Å². The number of nitrogen functional groups attached to an aromatic ring is 2. The lowest BCUT2D eigenvalue weighted by molar-refractivity contribution is 0.254. The van der Waals surface area contributed by atoms with Crippen molar-refractivity contribution >= 4 is 23.4 Å². The minimum atomic E-state index is -0.543. The molecule has 0 fully saturated rings. The standard InChI is InChI=1S/C20H19N7O/c21-18-17(19(22)26-13-25-18)7-6-14-3-1-5-16(11-14)27(20(23)28)10-8-15-4-2-9-24-12-15/h1-5,9,11-13H,8,10H2,(H2,23,28)(H4,21,22,25,26). The van der Waals surface area contributed by atoms with E-state index in [1.165, 1.54) is 11.2 Å². The van der Waals surface area contributed by atoms with Gasteiger partial charge in [-0.3, -0.25) is 9.88 Å². The van der Waals surface area contributed by atoms with Crippen LogP contribution in [0.15, 0.2) is 55.1 Å². The lowest BCUT2D eigenvalue weighted by Crippen LogP contribution is -2.37. The molecule has 0 unspecified atom stereocenters. The highest BCUT2D eigenvalue weighted by Gasteiger charge is 2.12. The van der Waals surface area contributed by atoms with Crippen molar-refractivity contribution in [3.05, 3.63) is 71.8 Å². The summed E-state index contributed by atoms with van der Waals surface area (Å²) in [7, 11) is 0. The third-order valence-corrected chi connectivity index (χ3v) is 4.01. The number of nitrogens with two attached hydrogens (primary N) is 3. The van der Waals surface area contributed by atoms with Gasteiger partial charge in [-0.15, -0.1) is 0 Å². The molecule has 8 heteroatoms. The number of carbonyl (C=O) groups is 1. The van der Waals surface area contributed by atoms with E-state index in [4.69, 9.17) is 17.2 Å². The Bertz CT molecular complexity index is 1020. The Morgan fingerprint density at radius 3 is 2.54 bits per heavy atom. The van der Waals surface area contributed by atoms with Crippen LogP contribution in [0.1, 0.15) is 16.7 Å². The first-order chi connectivity index (χ1) is 13.5. The number of hydrogen-bond donors (Lipinski definition) is 3. The zero-order valence-electron chi connectivity index (χ0n) is 15.0. The van der Waals surface area contributed by atoms with E-state index in [2.05, 4.69) is 26.8 Å². The molecule has 28 heavy (non-hydrogen) atoms. The summed E-state index contributed by atoms with van der Waals surface area (Å²) in [6.45, 7) is 0.421. The maximum Gasteiger partial charge on any atom is 0.319 e. The summed E-state index contributed by atoms with van der Waals surface area (Å²) in [4.78, 5) is 25.3. The van der Waals surface area contributed by atoms with E-state index < -0.39 is 6.03 Å². The van der Waals surface area contributed by atoms with Crippen molar-refractivity contribution in [3.63, 3.8) is 0 Å². The average molecular weight is 373 g/mol. The number of amides is 2. The molecule has 0 saturated heterocycles. The smallest absolute Gasteiger partial charge is 0.319 e. The Labute approximate surface area is 162 Å². The van der Waals surface area contributed by atoms with Crippen LogP contribution in [-0.4, -0.2) is 27.5 Å². The Morgan fingerprint density at radius 2 is 1.86 bits per heavy atom. The van der Waals surface area contributed by atoms with E-state index in [1.807, 2.05) is 18.2 Å². The summed E-state index contributed by atoms with van der Waals surface area (Å²) < 4.78 is 0. The monoisotopic (exact) mass is 373 g/mol. The van der Waals surface area contributed by atoms with Crippen molar-refractivity contribution in [3.8, 4) is 11.8 Å². The van der Waals surface area contributed by atoms with Crippen molar-refractivity contribution in [2.75, 3.05) is 22.9 Å². The van der Waals surface area contributed by atoms with Gasteiger partial charge in [0.25, 0.3) is 0 Å². The maximum absolute atomic E-state index is 11.9. The number of aromatic nitrogens is 3. The third-order valence-electron chi connectivity index (χ3n) is 4.01. The molecule has 2 aromatic heterocycles. The molecule has 1 aromatic carbocycles. The molecule has 140 valence electrons. The van der Waals surface area contributed by atoms with Crippen LogP contribution in [0.4, 0.5) is 22.1 Å². The summed E-state index contributed by atoms with van der Waals surface area (Å²) in [6, 6.07) is 10.4. The fourth-order valence-electron chi connectivity index (χ4n) is 2.58. The normalized spacial score (nSPS) is 10.0. The van der Waals surface area contributed by atoms with E-state index in [1.54, 1.807) is 30.6 Å². The number of primary amides is 1. The first-order valence-electron chi connectivity index (χ1n) is 8.48. The van der Waals surface area contributed by atoms with Gasteiger partial charge in [0.1, 0.15) is 23.5 Å². The summed E-state index contributed by atoms with van der Waals surface area (Å²) in [6.07, 6.45) is 5.37. The second-order valence-electron chi connectivity index (χ2n) is 5.92. The van der Waals surface area contributed by atoms with Crippen LogP contribution in [0.25, 0.3) is 0 Å². The fraction of sp³-hybridized carbons (Fsp3) is 0.100. The van der Waals surface area contributed by atoms with Crippen LogP contribution >= 0.6 is 0 Å². The molecule has 0 bridgehead atoms. The zero-order chi connectivity index (χ0) is 19.9. The molecule has 6 N–H and O–H groups in total. The molecule has 2 heterocycles. The lowest BCUT2D eigenvalue weighted by Gasteiger charge is -2.20. The number of hydrogen-bond acceptors (Lipinski definition) is 6. The number of pyridine rings is 1. The Hall–Kier alpha value is -4.12. The summed E-state index contributed by atoms with van der Waals surface area (Å²) in [5.41, 5.74) is 19.9. The third kappa shape index (κ3) is 4.53. The second kappa shape index (κ2) is 8.51. The highest BCUT2D eigenvalue weighted by Crippen LogP contribution is 2.17. The van der Waals surface area contributed by atoms with Gasteiger partial charge in [0.2, 0.25) is 0 Å². The molecule has 2 amide bonds. The molecule has 3 aromatic rings. The first-order valence-corrected chi connectivity index (χ1v) is 8.48. The predicted molar refractivity (Wildman–Crippen MR) is 108 cm³/mol. The van der Waals surface area contributed by atoms with Crippen LogP contribution in [0.5, 0.6) is 0 Å². The Balaban J connectivity index is 1.83. The molecule has 0 atom stereocenters. The SMILES string of the molecule is NC(=O)N(CCc1cccnc1)c1cccc(C#Cc2c(N)ncnc2N)c1. The van der Waals surface area contributed by atoms with Gasteiger partial charge >= 0.3 is 6.03 Å². The average Bonchev–Trinajstić information content (AvgIpc) is 2.69. The van der Waals surface area contributed by atoms with E-state index in [0.717, 1.165) is 5.56 Å². The van der Waals surface area contributed by atoms with Gasteiger partial charge in [0, 0.05) is 30.2 Å². The van der Waals surface area contributed by atoms with E-state index in [0.29, 0.717) is 29.8 Å². The minimum absolute atomic E-state index is 0.214. The molecule has 0 radical (unpaired) electrons. The first kappa shape index (κ1) is 18.7. The number of urea groups is 1. The van der Waals surface area contributed by atoms with Crippen LogP contribution in [-0.2, 0) is 6.42 Å². The highest BCUT2D eigenvalue weighted by molar-refractivity contribution is 5.90. The molecule has 0 saturated carbocycles. The summed E-state index contributed by atoms with van der Waals surface area (Å²) >= 11 is 0. The topological polar surface area (TPSA) is 137 Å². The molecular formula is C20H19N7O. The van der Waals surface area contributed by atoms with Gasteiger partial charge in [0.05, 0.1) is 0 Å². The summed E-state index contributed by atoms with van der Waals surface area (Å²) in [5, 5.41) is 0. The highest BCUT2D eigenvalue weighted by atomic mass is 16.2. The molecule has 0 spiro atoms. The van der Waals surface area contributed by atoms with Crippen LogP contribution in [0.2, 0.25) is 0 Å². The molecule has 8 nitrogen and oxygen atoms in total. The molecule has 3 rings (SSSR count). The molecule has 0 aliphatic rings. The van der Waals surface area contributed by atoms with E-state index in [-0.39, 0.29) is 11.6 Å². The minimum Gasteiger partial charge on any atom is -0.382 e. The van der Waals surface area contributed by atoms with Crippen molar-refractivity contribution in [1.29, 1.82) is 0 Å². The maximum atomic E-state index is 11.9.